The molecule has 0 spiro atoms. The molecule has 0 aromatic carbocycles. The molecule has 0 aliphatic heterocycles. The second-order valence-electron chi connectivity index (χ2n) is 2.30. The number of rotatable bonds is 2. The number of hydrogen-bond acceptors (Lipinski definition) is 4. The number of esters is 1. The quantitative estimate of drug-likeness (QED) is 0.780. The van der Waals surface area contributed by atoms with Crippen molar-refractivity contribution in [3.05, 3.63) is 21.3 Å². The molecule has 0 radical (unpaired) electrons. The number of nitrogens with zero attached hydrogens (tertiary/aromatic N) is 1. The van der Waals surface area contributed by atoms with Gasteiger partial charge in [0.05, 0.1) is 23.7 Å². The lowest BCUT2D eigenvalue weighted by Crippen LogP contribution is -2.06. The van der Waals surface area contributed by atoms with Gasteiger partial charge in [0.15, 0.2) is 5.69 Å². The molecule has 0 aliphatic rings. The topological polar surface area (TPSA) is 48.4 Å². The number of aromatic nitrogens is 1. The van der Waals surface area contributed by atoms with Crippen LogP contribution in [0.4, 0.5) is 0 Å². The highest BCUT2D eigenvalue weighted by Crippen LogP contribution is 2.28. The zero-order valence-corrected chi connectivity index (χ0v) is 9.85. The van der Waals surface area contributed by atoms with Gasteiger partial charge in [-0.3, -0.25) is 0 Å². The molecule has 0 N–H and O–H groups in total. The average molecular weight is 281 g/mol. The molecular formula is C8H7BrClNO3. The molecule has 14 heavy (non-hydrogen) atoms. The first kappa shape index (κ1) is 11.3. The fraction of sp³-hybridized carbons (Fsp3) is 0.250. The summed E-state index contributed by atoms with van der Waals surface area (Å²) in [6, 6.07) is 1.53. The monoisotopic (exact) mass is 279 g/mol. The maximum atomic E-state index is 11.2. The fourth-order valence-corrected chi connectivity index (χ4v) is 1.67. The largest absolute Gasteiger partial charge is 0.480 e. The van der Waals surface area contributed by atoms with Crippen LogP contribution in [0.15, 0.2) is 10.5 Å². The van der Waals surface area contributed by atoms with Gasteiger partial charge < -0.3 is 9.47 Å². The summed E-state index contributed by atoms with van der Waals surface area (Å²) in [4.78, 5) is 15.1. The lowest BCUT2D eigenvalue weighted by Gasteiger charge is -2.05. The van der Waals surface area contributed by atoms with E-state index in [1.54, 1.807) is 0 Å². The summed E-state index contributed by atoms with van der Waals surface area (Å²) in [6.45, 7) is 0. The van der Waals surface area contributed by atoms with Crippen molar-refractivity contribution in [3.8, 4) is 5.88 Å². The summed E-state index contributed by atoms with van der Waals surface area (Å²) < 4.78 is 9.99. The Bertz CT molecular complexity index is 370. The standard InChI is InChI=1S/C8H7BrClNO3/c1-13-7-4(9)3-5(10)6(11-7)8(12)14-2/h3H,1-2H3. The molecule has 6 heteroatoms. The van der Waals surface area contributed by atoms with E-state index in [0.29, 0.717) is 4.47 Å². The minimum atomic E-state index is -0.596. The van der Waals surface area contributed by atoms with Crippen LogP contribution in [0.25, 0.3) is 0 Å². The third-order valence-corrected chi connectivity index (χ3v) is 2.33. The van der Waals surface area contributed by atoms with Gasteiger partial charge in [-0.25, -0.2) is 9.78 Å². The highest BCUT2D eigenvalue weighted by atomic mass is 79.9. The normalized spacial score (nSPS) is 9.71. The van der Waals surface area contributed by atoms with Gasteiger partial charge in [0, 0.05) is 0 Å². The van der Waals surface area contributed by atoms with Gasteiger partial charge >= 0.3 is 5.97 Å². The van der Waals surface area contributed by atoms with E-state index in [4.69, 9.17) is 16.3 Å². The molecule has 0 fully saturated rings. The smallest absolute Gasteiger partial charge is 0.358 e. The molecule has 0 bridgehead atoms. The maximum Gasteiger partial charge on any atom is 0.358 e. The maximum absolute atomic E-state index is 11.2. The summed E-state index contributed by atoms with van der Waals surface area (Å²) in [5.41, 5.74) is 0.0363. The van der Waals surface area contributed by atoms with Crippen LogP contribution in [0, 0.1) is 0 Å². The van der Waals surface area contributed by atoms with Crippen LogP contribution in [-0.2, 0) is 4.74 Å². The van der Waals surface area contributed by atoms with Crippen LogP contribution in [0.3, 0.4) is 0 Å². The van der Waals surface area contributed by atoms with E-state index in [9.17, 15) is 4.79 Å². The first-order valence-corrected chi connectivity index (χ1v) is 4.75. The molecule has 1 rings (SSSR count). The van der Waals surface area contributed by atoms with Crippen molar-refractivity contribution >= 4 is 33.5 Å². The summed E-state index contributed by atoms with van der Waals surface area (Å²) in [5, 5.41) is 0.213. The van der Waals surface area contributed by atoms with Crippen molar-refractivity contribution < 1.29 is 14.3 Å². The fourth-order valence-electron chi connectivity index (χ4n) is 0.833. The van der Waals surface area contributed by atoms with E-state index in [1.807, 2.05) is 0 Å². The molecule has 0 saturated heterocycles. The highest BCUT2D eigenvalue weighted by Gasteiger charge is 2.16. The molecule has 1 aromatic heterocycles. The molecule has 4 nitrogen and oxygen atoms in total. The number of halogens is 2. The third kappa shape index (κ3) is 2.16. The molecule has 0 amide bonds. The van der Waals surface area contributed by atoms with Gasteiger partial charge in [0.2, 0.25) is 5.88 Å². The molecule has 0 aliphatic carbocycles. The van der Waals surface area contributed by atoms with Gasteiger partial charge in [0.1, 0.15) is 0 Å². The van der Waals surface area contributed by atoms with Gasteiger partial charge in [-0.05, 0) is 22.0 Å². The molecule has 0 saturated carbocycles. The zero-order chi connectivity index (χ0) is 10.7. The lowest BCUT2D eigenvalue weighted by atomic mass is 10.3. The first-order valence-electron chi connectivity index (χ1n) is 3.58. The van der Waals surface area contributed by atoms with Crippen LogP contribution in [0.2, 0.25) is 5.02 Å². The lowest BCUT2D eigenvalue weighted by molar-refractivity contribution is 0.0593. The van der Waals surface area contributed by atoms with Crippen molar-refractivity contribution in [2.75, 3.05) is 14.2 Å². The van der Waals surface area contributed by atoms with Gasteiger partial charge in [-0.2, -0.15) is 0 Å². The second-order valence-corrected chi connectivity index (χ2v) is 3.56. The number of methoxy groups -OCH3 is 2. The Kier molecular flexibility index (Phi) is 3.71. The molecule has 0 unspecified atom stereocenters. The Morgan fingerprint density at radius 2 is 2.21 bits per heavy atom. The number of pyridine rings is 1. The number of hydrogen-bond donors (Lipinski definition) is 0. The van der Waals surface area contributed by atoms with Crippen molar-refractivity contribution in [2.24, 2.45) is 0 Å². The van der Waals surface area contributed by atoms with Crippen LogP contribution in [0.5, 0.6) is 5.88 Å². The Morgan fingerprint density at radius 3 is 2.71 bits per heavy atom. The Labute approximate surface area is 94.3 Å². The number of carbonyl (C=O) groups is 1. The molecule has 76 valence electrons. The Morgan fingerprint density at radius 1 is 1.57 bits per heavy atom. The van der Waals surface area contributed by atoms with Crippen LogP contribution >= 0.6 is 27.5 Å². The Hall–Kier alpha value is -0.810. The summed E-state index contributed by atoms with van der Waals surface area (Å²) in [7, 11) is 2.71. The summed E-state index contributed by atoms with van der Waals surface area (Å²) in [5.74, 6) is -0.310. The molecule has 0 atom stereocenters. The first-order chi connectivity index (χ1) is 6.60. The zero-order valence-electron chi connectivity index (χ0n) is 7.51. The second kappa shape index (κ2) is 4.61. The highest BCUT2D eigenvalue weighted by molar-refractivity contribution is 9.10. The minimum Gasteiger partial charge on any atom is -0.480 e. The number of ether oxygens (including phenoxy) is 2. The van der Waals surface area contributed by atoms with Gasteiger partial charge in [-0.15, -0.1) is 0 Å². The van der Waals surface area contributed by atoms with Crippen molar-refractivity contribution in [1.29, 1.82) is 0 Å². The van der Waals surface area contributed by atoms with Crippen molar-refractivity contribution in [3.63, 3.8) is 0 Å². The van der Waals surface area contributed by atoms with Gasteiger partial charge in [-0.1, -0.05) is 11.6 Å². The summed E-state index contributed by atoms with van der Waals surface area (Å²) >= 11 is 8.97. The molecule has 1 aromatic rings. The van der Waals surface area contributed by atoms with E-state index < -0.39 is 5.97 Å². The van der Waals surface area contributed by atoms with Crippen LogP contribution in [0.1, 0.15) is 10.5 Å². The van der Waals surface area contributed by atoms with Crippen LogP contribution in [-0.4, -0.2) is 25.2 Å². The molecular weight excluding hydrogens is 273 g/mol. The predicted octanol–water partition coefficient (Wildman–Crippen LogP) is 2.29. The van der Waals surface area contributed by atoms with Crippen molar-refractivity contribution in [2.45, 2.75) is 0 Å². The van der Waals surface area contributed by atoms with Gasteiger partial charge in [0.25, 0.3) is 0 Å². The minimum absolute atomic E-state index is 0.0363. The van der Waals surface area contributed by atoms with E-state index in [-0.39, 0.29) is 16.6 Å². The SMILES string of the molecule is COC(=O)c1nc(OC)c(Br)cc1Cl. The van der Waals surface area contributed by atoms with E-state index >= 15 is 0 Å². The molecule has 1 heterocycles. The third-order valence-electron chi connectivity index (χ3n) is 1.47. The Balaban J connectivity index is 3.24. The summed E-state index contributed by atoms with van der Waals surface area (Å²) in [6.07, 6.45) is 0. The van der Waals surface area contributed by atoms with E-state index in [2.05, 4.69) is 25.7 Å². The van der Waals surface area contributed by atoms with E-state index in [1.165, 1.54) is 20.3 Å². The van der Waals surface area contributed by atoms with Crippen LogP contribution < -0.4 is 4.74 Å². The average Bonchev–Trinajstić information content (AvgIpc) is 2.17. The predicted molar refractivity (Wildman–Crippen MR) is 54.8 cm³/mol. The van der Waals surface area contributed by atoms with Crippen molar-refractivity contribution in [1.82, 2.24) is 4.98 Å². The van der Waals surface area contributed by atoms with E-state index in [0.717, 1.165) is 0 Å². The number of carbonyl (C=O) groups excluding carboxylic acids is 1.